The fourth-order valence-corrected chi connectivity index (χ4v) is 11.8. The SMILES string of the molecule is c1ccc(-c2cc(-c3cc4ccccc4c4ccccc34)ccc2N(c2ccc(-c3cccc(-n4c5ccccc5c5ccccc54)c3)cc2)c2ccc(-c3cccc4c3oc3c5ccccc5ccc43)cc2)cc1. The quantitative estimate of drug-likeness (QED) is 0.142. The normalized spacial score (nSPS) is 11.7. The molecule has 0 saturated heterocycles. The zero-order chi connectivity index (χ0) is 49.4. The first-order valence-corrected chi connectivity index (χ1v) is 25.7. The largest absolute Gasteiger partial charge is 0.455 e. The lowest BCUT2D eigenvalue weighted by Gasteiger charge is -2.29. The van der Waals surface area contributed by atoms with Crippen molar-refractivity contribution < 1.29 is 4.42 Å². The molecular weight excluding hydrogens is 909 g/mol. The van der Waals surface area contributed by atoms with Gasteiger partial charge in [-0.1, -0.05) is 206 Å². The molecule has 15 aromatic rings. The van der Waals surface area contributed by atoms with Gasteiger partial charge in [-0.25, -0.2) is 0 Å². The van der Waals surface area contributed by atoms with Gasteiger partial charge in [-0.05, 0) is 133 Å². The minimum Gasteiger partial charge on any atom is -0.455 e. The minimum absolute atomic E-state index is 0.898. The molecule has 0 saturated carbocycles. The summed E-state index contributed by atoms with van der Waals surface area (Å²) in [6.07, 6.45) is 0. The summed E-state index contributed by atoms with van der Waals surface area (Å²) in [5.74, 6) is 0. The highest BCUT2D eigenvalue weighted by Crippen LogP contribution is 2.46. The molecule has 0 aliphatic carbocycles. The molecule has 15 rings (SSSR count). The molecule has 0 amide bonds. The van der Waals surface area contributed by atoms with Gasteiger partial charge in [-0.2, -0.15) is 0 Å². The molecule has 0 bridgehead atoms. The van der Waals surface area contributed by atoms with E-state index >= 15 is 0 Å². The third kappa shape index (κ3) is 7.05. The first kappa shape index (κ1) is 42.7. The molecule has 0 aliphatic heterocycles. The van der Waals surface area contributed by atoms with Crippen LogP contribution >= 0.6 is 0 Å². The summed E-state index contributed by atoms with van der Waals surface area (Å²) in [6, 6.07) is 102. The van der Waals surface area contributed by atoms with Crippen molar-refractivity contribution in [1.29, 1.82) is 0 Å². The Kier molecular flexibility index (Phi) is 9.89. The van der Waals surface area contributed by atoms with Crippen molar-refractivity contribution in [2.75, 3.05) is 4.90 Å². The van der Waals surface area contributed by atoms with E-state index in [1.165, 1.54) is 59.9 Å². The van der Waals surface area contributed by atoms with Gasteiger partial charge < -0.3 is 13.9 Å². The maximum absolute atomic E-state index is 6.83. The lowest BCUT2D eigenvalue weighted by atomic mass is 9.91. The van der Waals surface area contributed by atoms with Crippen molar-refractivity contribution in [2.24, 2.45) is 0 Å². The Hall–Kier alpha value is -9.96. The third-order valence-corrected chi connectivity index (χ3v) is 15.4. The van der Waals surface area contributed by atoms with Crippen LogP contribution in [0.25, 0.3) is 126 Å². The molecule has 3 nitrogen and oxygen atoms in total. The Bertz CT molecular complexity index is 4640. The van der Waals surface area contributed by atoms with E-state index in [1.54, 1.807) is 0 Å². The van der Waals surface area contributed by atoms with Gasteiger partial charge in [0.25, 0.3) is 0 Å². The molecule has 2 aromatic heterocycles. The van der Waals surface area contributed by atoms with Crippen LogP contribution in [-0.2, 0) is 0 Å². The number of benzene rings is 13. The molecule has 0 aliphatic rings. The molecule has 0 fully saturated rings. The average Bonchev–Trinajstić information content (AvgIpc) is 4.05. The summed E-state index contributed by atoms with van der Waals surface area (Å²) in [4.78, 5) is 2.42. The average molecular weight is 955 g/mol. The Morgan fingerprint density at radius 1 is 0.267 bits per heavy atom. The number of hydrogen-bond donors (Lipinski definition) is 0. The van der Waals surface area contributed by atoms with Crippen LogP contribution in [0.2, 0.25) is 0 Å². The molecule has 0 radical (unpaired) electrons. The molecular formula is C72H46N2O. The molecule has 75 heavy (non-hydrogen) atoms. The fraction of sp³-hybridized carbons (Fsp3) is 0. The zero-order valence-electron chi connectivity index (χ0n) is 40.9. The van der Waals surface area contributed by atoms with Crippen molar-refractivity contribution in [3.05, 3.63) is 279 Å². The van der Waals surface area contributed by atoms with Crippen LogP contribution in [0.4, 0.5) is 17.1 Å². The number of anilines is 3. The van der Waals surface area contributed by atoms with E-state index in [4.69, 9.17) is 4.42 Å². The minimum atomic E-state index is 0.898. The smallest absolute Gasteiger partial charge is 0.143 e. The van der Waals surface area contributed by atoms with Gasteiger partial charge in [-0.3, -0.25) is 0 Å². The predicted octanol–water partition coefficient (Wildman–Crippen LogP) is 20.3. The molecule has 0 spiro atoms. The van der Waals surface area contributed by atoms with Crippen LogP contribution in [0.5, 0.6) is 0 Å². The van der Waals surface area contributed by atoms with E-state index in [-0.39, 0.29) is 0 Å². The fourth-order valence-electron chi connectivity index (χ4n) is 11.8. The van der Waals surface area contributed by atoms with Gasteiger partial charge in [-0.15, -0.1) is 0 Å². The molecule has 0 unspecified atom stereocenters. The summed E-state index contributed by atoms with van der Waals surface area (Å²) >= 11 is 0. The van der Waals surface area contributed by atoms with Gasteiger partial charge in [0.2, 0.25) is 0 Å². The van der Waals surface area contributed by atoms with Crippen LogP contribution in [0.3, 0.4) is 0 Å². The molecule has 2 heterocycles. The number of aromatic nitrogens is 1. The summed E-state index contributed by atoms with van der Waals surface area (Å²) < 4.78 is 9.22. The molecule has 0 atom stereocenters. The molecule has 13 aromatic carbocycles. The first-order valence-electron chi connectivity index (χ1n) is 25.7. The van der Waals surface area contributed by atoms with Crippen LogP contribution in [0, 0.1) is 0 Å². The lowest BCUT2D eigenvalue weighted by Crippen LogP contribution is -2.11. The topological polar surface area (TPSA) is 21.3 Å². The second-order valence-corrected chi connectivity index (χ2v) is 19.6. The van der Waals surface area contributed by atoms with E-state index in [9.17, 15) is 0 Å². The standard InChI is InChI=1S/C72H46N2O/c1-2-16-48(17-3-1)67-46-53(66-45-52-19-5-6-22-57(52)60-24-8-9-25-61(60)66)37-43-70(67)73(55-40-34-50(35-41-55)59-28-15-29-64-65-42-36-49-18-4-7-23-58(49)72(65)75-71(59)64)54-38-32-47(33-39-54)51-20-14-21-56(44-51)74-68-30-12-10-26-62(68)63-27-11-13-31-69(63)74/h1-46H. The third-order valence-electron chi connectivity index (χ3n) is 15.4. The Morgan fingerprint density at radius 2 is 0.813 bits per heavy atom. The van der Waals surface area contributed by atoms with E-state index in [0.717, 1.165) is 83.5 Å². The molecule has 350 valence electrons. The molecule has 0 N–H and O–H groups in total. The number of para-hydroxylation sites is 3. The highest BCUT2D eigenvalue weighted by atomic mass is 16.3. The van der Waals surface area contributed by atoms with E-state index in [1.807, 2.05) is 0 Å². The van der Waals surface area contributed by atoms with Crippen molar-refractivity contribution in [1.82, 2.24) is 4.57 Å². The van der Waals surface area contributed by atoms with Crippen LogP contribution in [0.15, 0.2) is 283 Å². The van der Waals surface area contributed by atoms with Gasteiger partial charge in [0, 0.05) is 55.1 Å². The van der Waals surface area contributed by atoms with E-state index in [2.05, 4.69) is 289 Å². The highest BCUT2D eigenvalue weighted by Gasteiger charge is 2.22. The summed E-state index contributed by atoms with van der Waals surface area (Å²) in [5, 5.41) is 12.0. The Morgan fingerprint density at radius 3 is 1.56 bits per heavy atom. The summed E-state index contributed by atoms with van der Waals surface area (Å²) in [7, 11) is 0. The van der Waals surface area contributed by atoms with Gasteiger partial charge in [0.05, 0.1) is 16.7 Å². The van der Waals surface area contributed by atoms with Crippen molar-refractivity contribution in [3.63, 3.8) is 0 Å². The maximum atomic E-state index is 6.83. The van der Waals surface area contributed by atoms with Gasteiger partial charge in [0.15, 0.2) is 0 Å². The second kappa shape index (κ2) is 17.4. The lowest BCUT2D eigenvalue weighted by molar-refractivity contribution is 0.674. The summed E-state index contributed by atoms with van der Waals surface area (Å²) in [5.41, 5.74) is 17.6. The first-order chi connectivity index (χ1) is 37.2. The number of nitrogens with zero attached hydrogens (tertiary/aromatic N) is 2. The van der Waals surface area contributed by atoms with E-state index in [0.29, 0.717) is 0 Å². The second-order valence-electron chi connectivity index (χ2n) is 19.6. The van der Waals surface area contributed by atoms with Crippen LogP contribution in [0.1, 0.15) is 0 Å². The monoisotopic (exact) mass is 954 g/mol. The maximum Gasteiger partial charge on any atom is 0.143 e. The summed E-state index contributed by atoms with van der Waals surface area (Å²) in [6.45, 7) is 0. The van der Waals surface area contributed by atoms with Gasteiger partial charge >= 0.3 is 0 Å². The molecule has 3 heteroatoms. The van der Waals surface area contributed by atoms with Crippen LogP contribution < -0.4 is 4.90 Å². The van der Waals surface area contributed by atoms with E-state index < -0.39 is 0 Å². The van der Waals surface area contributed by atoms with Crippen LogP contribution in [-0.4, -0.2) is 4.57 Å². The zero-order valence-corrected chi connectivity index (χ0v) is 40.9. The van der Waals surface area contributed by atoms with Crippen molar-refractivity contribution in [2.45, 2.75) is 0 Å². The number of rotatable bonds is 8. The Labute approximate surface area is 434 Å². The number of furan rings is 1. The highest BCUT2D eigenvalue weighted by molar-refractivity contribution is 6.18. The van der Waals surface area contributed by atoms with Crippen molar-refractivity contribution >= 4 is 93.1 Å². The van der Waals surface area contributed by atoms with Crippen molar-refractivity contribution in [3.8, 4) is 50.2 Å². The number of hydrogen-bond acceptors (Lipinski definition) is 2. The number of fused-ring (bicyclic) bond motifs is 11. The Balaban J connectivity index is 0.885. The van der Waals surface area contributed by atoms with Gasteiger partial charge in [0.1, 0.15) is 11.2 Å². The predicted molar refractivity (Wildman–Crippen MR) is 317 cm³/mol.